The van der Waals surface area contributed by atoms with Crippen molar-refractivity contribution < 1.29 is 9.59 Å². The molecular formula is C20H21ClN2O2. The zero-order chi connectivity index (χ0) is 18.1. The average Bonchev–Trinajstić information content (AvgIpc) is 3.34. The summed E-state index contributed by atoms with van der Waals surface area (Å²) in [6, 6.07) is 11.3. The number of hydrogen-bond donors (Lipinski definition) is 2. The summed E-state index contributed by atoms with van der Waals surface area (Å²) in [7, 11) is 0. The summed E-state index contributed by atoms with van der Waals surface area (Å²) < 4.78 is 0. The lowest BCUT2D eigenvalue weighted by Crippen LogP contribution is -2.21. The monoisotopic (exact) mass is 356 g/mol. The lowest BCUT2D eigenvalue weighted by Gasteiger charge is -2.09. The van der Waals surface area contributed by atoms with E-state index in [4.69, 9.17) is 11.6 Å². The van der Waals surface area contributed by atoms with Crippen LogP contribution in [0.1, 0.15) is 23.1 Å². The van der Waals surface area contributed by atoms with Crippen LogP contribution in [-0.4, -0.2) is 11.8 Å². The number of halogens is 1. The fraction of sp³-hybridized carbons (Fsp3) is 0.300. The molecule has 1 aliphatic rings. The average molecular weight is 357 g/mol. The van der Waals surface area contributed by atoms with Crippen molar-refractivity contribution in [3.8, 4) is 0 Å². The molecule has 0 radical (unpaired) electrons. The Kier molecular flexibility index (Phi) is 4.82. The number of amides is 2. The first-order valence-electron chi connectivity index (χ1n) is 8.30. The Morgan fingerprint density at radius 3 is 2.24 bits per heavy atom. The molecule has 0 bridgehead atoms. The summed E-state index contributed by atoms with van der Waals surface area (Å²) in [6.07, 6.45) is 0.572. The second kappa shape index (κ2) is 6.89. The van der Waals surface area contributed by atoms with Gasteiger partial charge in [-0.1, -0.05) is 35.4 Å². The lowest BCUT2D eigenvalue weighted by molar-refractivity contribution is -0.122. The second-order valence-electron chi connectivity index (χ2n) is 6.71. The quantitative estimate of drug-likeness (QED) is 0.848. The van der Waals surface area contributed by atoms with Crippen molar-refractivity contribution in [2.45, 2.75) is 27.2 Å². The van der Waals surface area contributed by atoms with Crippen molar-refractivity contribution in [3.05, 3.63) is 58.1 Å². The van der Waals surface area contributed by atoms with Crippen molar-refractivity contribution in [2.24, 2.45) is 11.8 Å². The van der Waals surface area contributed by atoms with Gasteiger partial charge < -0.3 is 10.6 Å². The van der Waals surface area contributed by atoms with Gasteiger partial charge in [-0.3, -0.25) is 9.59 Å². The zero-order valence-electron chi connectivity index (χ0n) is 14.5. The minimum atomic E-state index is -0.286. The van der Waals surface area contributed by atoms with Gasteiger partial charge in [-0.2, -0.15) is 0 Å². The van der Waals surface area contributed by atoms with Crippen molar-refractivity contribution in [1.29, 1.82) is 0 Å². The standard InChI is InChI=1S/C20H21ClN2O2/c1-11-4-7-18(13(3)8-11)23-20(25)16-10-15(16)19(24)22-14-6-5-12(2)17(21)9-14/h4-9,15-16H,10H2,1-3H3,(H,22,24)(H,23,25). The first kappa shape index (κ1) is 17.5. The molecule has 5 heteroatoms. The highest BCUT2D eigenvalue weighted by Crippen LogP contribution is 2.40. The van der Waals surface area contributed by atoms with Crippen molar-refractivity contribution in [2.75, 3.05) is 10.6 Å². The number of hydrogen-bond acceptors (Lipinski definition) is 2. The molecule has 2 atom stereocenters. The van der Waals surface area contributed by atoms with Crippen LogP contribution < -0.4 is 10.6 Å². The Bertz CT molecular complexity index is 848. The van der Waals surface area contributed by atoms with E-state index in [1.807, 2.05) is 51.1 Å². The molecule has 2 amide bonds. The molecular weight excluding hydrogens is 336 g/mol. The second-order valence-corrected chi connectivity index (χ2v) is 7.12. The predicted octanol–water partition coefficient (Wildman–Crippen LogP) is 4.48. The first-order chi connectivity index (χ1) is 11.8. The van der Waals surface area contributed by atoms with E-state index in [0.29, 0.717) is 17.1 Å². The number of rotatable bonds is 4. The number of nitrogens with one attached hydrogen (secondary N) is 2. The van der Waals surface area contributed by atoms with Gasteiger partial charge in [0.15, 0.2) is 0 Å². The molecule has 2 unspecified atom stereocenters. The summed E-state index contributed by atoms with van der Waals surface area (Å²) in [5, 5.41) is 6.37. The summed E-state index contributed by atoms with van der Waals surface area (Å²) in [4.78, 5) is 24.7. The van der Waals surface area contributed by atoms with Gasteiger partial charge in [-0.25, -0.2) is 0 Å². The van der Waals surface area contributed by atoms with Crippen LogP contribution >= 0.6 is 11.6 Å². The molecule has 0 spiro atoms. The highest BCUT2D eigenvalue weighted by Gasteiger charge is 2.48. The number of benzene rings is 2. The molecule has 0 aromatic heterocycles. The summed E-state index contributed by atoms with van der Waals surface area (Å²) in [5.41, 5.74) is 4.57. The Morgan fingerprint density at radius 2 is 1.60 bits per heavy atom. The van der Waals surface area contributed by atoms with Crippen molar-refractivity contribution in [3.63, 3.8) is 0 Å². The third-order valence-electron chi connectivity index (χ3n) is 4.54. The third kappa shape index (κ3) is 4.02. The molecule has 1 fully saturated rings. The van der Waals surface area contributed by atoms with Gasteiger partial charge in [0.1, 0.15) is 0 Å². The summed E-state index contributed by atoms with van der Waals surface area (Å²) in [5.74, 6) is -0.804. The van der Waals surface area contributed by atoms with Gasteiger partial charge in [-0.15, -0.1) is 0 Å². The first-order valence-corrected chi connectivity index (χ1v) is 8.68. The highest BCUT2D eigenvalue weighted by atomic mass is 35.5. The fourth-order valence-corrected chi connectivity index (χ4v) is 3.04. The van der Waals surface area contributed by atoms with Gasteiger partial charge >= 0.3 is 0 Å². The van der Waals surface area contributed by atoms with E-state index >= 15 is 0 Å². The van der Waals surface area contributed by atoms with Crippen molar-refractivity contribution >= 4 is 34.8 Å². The van der Waals surface area contributed by atoms with Crippen molar-refractivity contribution in [1.82, 2.24) is 0 Å². The number of aryl methyl sites for hydroxylation is 3. The van der Waals surface area contributed by atoms with Crippen LogP contribution in [-0.2, 0) is 9.59 Å². The van der Waals surface area contributed by atoms with E-state index in [1.54, 1.807) is 6.07 Å². The molecule has 0 heterocycles. The molecule has 1 saturated carbocycles. The Balaban J connectivity index is 1.58. The van der Waals surface area contributed by atoms with Crippen LogP contribution in [0.2, 0.25) is 5.02 Å². The maximum Gasteiger partial charge on any atom is 0.228 e. The Labute approximate surface area is 152 Å². The molecule has 0 saturated heterocycles. The van der Waals surface area contributed by atoms with E-state index in [0.717, 1.165) is 22.4 Å². The van der Waals surface area contributed by atoms with Crippen LogP contribution in [0.3, 0.4) is 0 Å². The van der Waals surface area contributed by atoms with Crippen LogP contribution in [0.4, 0.5) is 11.4 Å². The predicted molar refractivity (Wildman–Crippen MR) is 101 cm³/mol. The molecule has 2 aromatic carbocycles. The molecule has 3 rings (SSSR count). The maximum atomic E-state index is 12.4. The normalized spacial score (nSPS) is 18.6. The minimum absolute atomic E-state index is 0.103. The Morgan fingerprint density at radius 1 is 0.920 bits per heavy atom. The van der Waals surface area contributed by atoms with E-state index in [9.17, 15) is 9.59 Å². The maximum absolute atomic E-state index is 12.4. The number of carbonyl (C=O) groups is 2. The van der Waals surface area contributed by atoms with E-state index < -0.39 is 0 Å². The highest BCUT2D eigenvalue weighted by molar-refractivity contribution is 6.31. The van der Waals surface area contributed by atoms with E-state index in [2.05, 4.69) is 10.6 Å². The molecule has 25 heavy (non-hydrogen) atoms. The molecule has 1 aliphatic carbocycles. The summed E-state index contributed by atoms with van der Waals surface area (Å²) in [6.45, 7) is 5.88. The van der Waals surface area contributed by atoms with Gasteiger partial charge in [-0.05, 0) is 56.5 Å². The molecule has 0 aliphatic heterocycles. The van der Waals surface area contributed by atoms with Crippen LogP contribution in [0.25, 0.3) is 0 Å². The largest absolute Gasteiger partial charge is 0.326 e. The van der Waals surface area contributed by atoms with Gasteiger partial charge in [0.2, 0.25) is 11.8 Å². The van der Waals surface area contributed by atoms with E-state index in [1.165, 1.54) is 0 Å². The fourth-order valence-electron chi connectivity index (χ4n) is 2.86. The topological polar surface area (TPSA) is 58.2 Å². The van der Waals surface area contributed by atoms with Crippen LogP contribution in [0, 0.1) is 32.6 Å². The molecule has 2 aromatic rings. The van der Waals surface area contributed by atoms with Crippen LogP contribution in [0.5, 0.6) is 0 Å². The minimum Gasteiger partial charge on any atom is -0.326 e. The Hall–Kier alpha value is -2.33. The smallest absolute Gasteiger partial charge is 0.228 e. The third-order valence-corrected chi connectivity index (χ3v) is 4.95. The van der Waals surface area contributed by atoms with E-state index in [-0.39, 0.29) is 23.7 Å². The lowest BCUT2D eigenvalue weighted by atomic mass is 10.1. The molecule has 4 nitrogen and oxygen atoms in total. The van der Waals surface area contributed by atoms with Gasteiger partial charge in [0.05, 0.1) is 11.8 Å². The molecule has 2 N–H and O–H groups in total. The number of anilines is 2. The zero-order valence-corrected chi connectivity index (χ0v) is 15.3. The number of carbonyl (C=O) groups excluding carboxylic acids is 2. The SMILES string of the molecule is Cc1ccc(NC(=O)C2CC2C(=O)Nc2ccc(C)c(Cl)c2)c(C)c1. The van der Waals surface area contributed by atoms with Crippen LogP contribution in [0.15, 0.2) is 36.4 Å². The summed E-state index contributed by atoms with van der Waals surface area (Å²) >= 11 is 6.07. The molecule has 130 valence electrons. The van der Waals surface area contributed by atoms with Gasteiger partial charge in [0, 0.05) is 16.4 Å². The van der Waals surface area contributed by atoms with Gasteiger partial charge in [0.25, 0.3) is 0 Å².